The number of hydrogen-bond acceptors (Lipinski definition) is 2. The maximum absolute atomic E-state index is 13.2. The van der Waals surface area contributed by atoms with Crippen LogP contribution in [0.3, 0.4) is 0 Å². The molecular weight excluding hydrogens is 511 g/mol. The molecule has 184 valence electrons. The fourth-order valence-corrected chi connectivity index (χ4v) is 1.38. The van der Waals surface area contributed by atoms with Crippen molar-refractivity contribution >= 4 is 11.7 Å². The highest BCUT2D eigenvalue weighted by Gasteiger charge is 2.91. The fourth-order valence-electron chi connectivity index (χ4n) is 1.38. The van der Waals surface area contributed by atoms with Crippen LogP contribution in [0.2, 0.25) is 0 Å². The van der Waals surface area contributed by atoms with E-state index in [2.05, 4.69) is 0 Å². The largest absolute Gasteiger partial charge is 0.460 e. The Bertz CT molecular complexity index is 725. The summed E-state index contributed by atoms with van der Waals surface area (Å²) in [6.07, 6.45) is -15.1. The van der Waals surface area contributed by atoms with Gasteiger partial charge in [0.15, 0.2) is 0 Å². The Hall–Kier alpha value is -1.99. The lowest BCUT2D eigenvalue weighted by Crippen LogP contribution is -2.70. The van der Waals surface area contributed by atoms with Gasteiger partial charge in [-0.1, -0.05) is 0 Å². The van der Waals surface area contributed by atoms with Gasteiger partial charge in [-0.15, -0.1) is 0 Å². The second kappa shape index (κ2) is 7.27. The number of hydrogen-bond donors (Lipinski definition) is 0. The molecule has 31 heavy (non-hydrogen) atoms. The molecule has 0 fully saturated rings. The molecule has 0 aromatic heterocycles. The molecule has 0 spiro atoms. The van der Waals surface area contributed by atoms with Crippen LogP contribution in [0.5, 0.6) is 0 Å². The predicted molar refractivity (Wildman–Crippen MR) is 55.3 cm³/mol. The summed E-state index contributed by atoms with van der Waals surface area (Å²) in [4.78, 5) is 9.69. The zero-order valence-electron chi connectivity index (χ0n) is 13.0. The molecule has 0 aliphatic rings. The lowest BCUT2D eigenvalue weighted by molar-refractivity contribution is -0.439. The minimum Gasteiger partial charge on any atom is -0.254 e. The highest BCUT2D eigenvalue weighted by molar-refractivity contribution is 6.10. The SMILES string of the molecule is O=C(F)C(F)(F)C(=NC(F)(F)C(F)(F)C(F)(F)C(F)(F)C(F)(F)C(F)(F)F)C(F)(F)F. The van der Waals surface area contributed by atoms with Crippen LogP contribution in [0.25, 0.3) is 0 Å². The van der Waals surface area contributed by atoms with Crippen LogP contribution in [0.1, 0.15) is 0 Å². The van der Waals surface area contributed by atoms with E-state index in [0.717, 1.165) is 0 Å². The first-order valence-corrected chi connectivity index (χ1v) is 6.24. The number of carbonyl (C=O) groups excluding carboxylic acids is 1. The second-order valence-corrected chi connectivity index (χ2v) is 5.14. The van der Waals surface area contributed by atoms with Crippen molar-refractivity contribution in [2.24, 2.45) is 4.99 Å². The van der Waals surface area contributed by atoms with Crippen molar-refractivity contribution in [3.63, 3.8) is 0 Å². The summed E-state index contributed by atoms with van der Waals surface area (Å²) in [6, 6.07) is -12.6. The molecular formula is C10F19NO. The van der Waals surface area contributed by atoms with Crippen LogP contribution in [-0.4, -0.2) is 59.8 Å². The number of halogens is 19. The van der Waals surface area contributed by atoms with Crippen LogP contribution < -0.4 is 0 Å². The molecule has 21 heteroatoms. The van der Waals surface area contributed by atoms with E-state index < -0.39 is 59.8 Å². The van der Waals surface area contributed by atoms with Crippen LogP contribution in [0.15, 0.2) is 4.99 Å². The Kier molecular flexibility index (Phi) is 6.81. The van der Waals surface area contributed by atoms with E-state index in [9.17, 15) is 88.2 Å². The van der Waals surface area contributed by atoms with E-state index in [-0.39, 0.29) is 4.99 Å². The minimum absolute atomic E-state index is 0.0736. The van der Waals surface area contributed by atoms with Gasteiger partial charge in [-0.3, -0.25) is 4.79 Å². The lowest BCUT2D eigenvalue weighted by atomic mass is 9.96. The van der Waals surface area contributed by atoms with Crippen LogP contribution in [0.4, 0.5) is 83.4 Å². The average molecular weight is 511 g/mol. The van der Waals surface area contributed by atoms with E-state index in [4.69, 9.17) is 0 Å². The lowest BCUT2D eigenvalue weighted by Gasteiger charge is -2.38. The Morgan fingerprint density at radius 3 is 1.10 bits per heavy atom. The van der Waals surface area contributed by atoms with Gasteiger partial charge in [0.2, 0.25) is 5.71 Å². The second-order valence-electron chi connectivity index (χ2n) is 5.14. The van der Waals surface area contributed by atoms with Gasteiger partial charge in [0.1, 0.15) is 0 Å². The van der Waals surface area contributed by atoms with E-state index in [1.807, 2.05) is 0 Å². The summed E-state index contributed by atoms with van der Waals surface area (Å²) in [5.74, 6) is -40.9. The van der Waals surface area contributed by atoms with Gasteiger partial charge >= 0.3 is 54.0 Å². The van der Waals surface area contributed by atoms with Gasteiger partial charge in [-0.25, -0.2) is 4.99 Å². The van der Waals surface area contributed by atoms with E-state index in [1.54, 1.807) is 0 Å². The normalized spacial score (nSPS) is 16.5. The van der Waals surface area contributed by atoms with Crippen molar-refractivity contribution in [1.82, 2.24) is 0 Å². The third kappa shape index (κ3) is 4.35. The molecule has 0 saturated heterocycles. The van der Waals surface area contributed by atoms with Crippen molar-refractivity contribution < 1.29 is 88.2 Å². The van der Waals surface area contributed by atoms with E-state index in [1.165, 1.54) is 0 Å². The number of nitrogens with zero attached hydrogens (tertiary/aromatic N) is 1. The topological polar surface area (TPSA) is 29.4 Å². The highest BCUT2D eigenvalue weighted by Crippen LogP contribution is 2.60. The monoisotopic (exact) mass is 511 g/mol. The maximum Gasteiger partial charge on any atom is 0.460 e. The van der Waals surface area contributed by atoms with Crippen molar-refractivity contribution in [3.05, 3.63) is 0 Å². The van der Waals surface area contributed by atoms with Gasteiger partial charge < -0.3 is 0 Å². The maximum atomic E-state index is 13.2. The standard InChI is InChI=1S/C10F19NO/c11-2(31)3(12,13)1(4(14,15)16)30-10(28,29)8(23,24)6(19,20)5(17,18)7(21,22)9(25,26)27. The molecule has 0 aliphatic heterocycles. The van der Waals surface area contributed by atoms with Gasteiger partial charge in [-0.05, 0) is 0 Å². The number of alkyl halides is 18. The Balaban J connectivity index is 6.96. The zero-order chi connectivity index (χ0) is 25.9. The van der Waals surface area contributed by atoms with Crippen LogP contribution >= 0.6 is 0 Å². The molecule has 2 nitrogen and oxygen atoms in total. The average Bonchev–Trinajstić information content (AvgIpc) is 2.49. The van der Waals surface area contributed by atoms with E-state index >= 15 is 0 Å². The summed E-state index contributed by atoms with van der Waals surface area (Å²) in [7, 11) is 0. The van der Waals surface area contributed by atoms with Gasteiger partial charge in [0.05, 0.1) is 0 Å². The number of carbonyl (C=O) groups is 1. The molecule has 0 heterocycles. The molecule has 0 atom stereocenters. The molecule has 0 aliphatic carbocycles. The molecule has 0 radical (unpaired) electrons. The third-order valence-corrected chi connectivity index (χ3v) is 2.98. The minimum atomic E-state index is -8.64. The first-order valence-electron chi connectivity index (χ1n) is 6.24. The fraction of sp³-hybridized carbons (Fsp3) is 0.800. The van der Waals surface area contributed by atoms with Crippen molar-refractivity contribution in [3.8, 4) is 0 Å². The Labute approximate surface area is 154 Å². The van der Waals surface area contributed by atoms with Gasteiger partial charge in [-0.2, -0.15) is 83.4 Å². The summed E-state index contributed by atoms with van der Waals surface area (Å²) < 4.78 is 239. The van der Waals surface area contributed by atoms with Crippen LogP contribution in [-0.2, 0) is 4.79 Å². The summed E-state index contributed by atoms with van der Waals surface area (Å²) in [5, 5.41) is 0. The zero-order valence-corrected chi connectivity index (χ0v) is 13.0. The molecule has 0 amide bonds. The van der Waals surface area contributed by atoms with Crippen molar-refractivity contribution in [2.45, 2.75) is 48.0 Å². The molecule has 0 bridgehead atoms. The number of rotatable bonds is 7. The molecule has 0 rings (SSSR count). The Morgan fingerprint density at radius 2 is 0.839 bits per heavy atom. The molecule has 0 unspecified atom stereocenters. The molecule has 0 aromatic rings. The first kappa shape index (κ1) is 29.0. The smallest absolute Gasteiger partial charge is 0.254 e. The number of aliphatic imine (C=N–C) groups is 1. The first-order chi connectivity index (χ1) is 13.0. The Morgan fingerprint density at radius 1 is 0.516 bits per heavy atom. The predicted octanol–water partition coefficient (Wildman–Crippen LogP) is 5.82. The van der Waals surface area contributed by atoms with Crippen LogP contribution in [0, 0.1) is 0 Å². The van der Waals surface area contributed by atoms with Gasteiger partial charge in [0.25, 0.3) is 0 Å². The van der Waals surface area contributed by atoms with Gasteiger partial charge in [0, 0.05) is 0 Å². The highest BCUT2D eigenvalue weighted by atomic mass is 19.4. The summed E-state index contributed by atoms with van der Waals surface area (Å²) in [6.45, 7) is 0. The molecule has 0 N–H and O–H groups in total. The third-order valence-electron chi connectivity index (χ3n) is 2.98. The van der Waals surface area contributed by atoms with E-state index in [0.29, 0.717) is 0 Å². The summed E-state index contributed by atoms with van der Waals surface area (Å²) in [5.41, 5.74) is -4.93. The van der Waals surface area contributed by atoms with Crippen molar-refractivity contribution in [1.29, 1.82) is 0 Å². The molecule has 0 aromatic carbocycles. The molecule has 0 saturated carbocycles. The summed E-state index contributed by atoms with van der Waals surface area (Å²) >= 11 is 0. The van der Waals surface area contributed by atoms with Crippen molar-refractivity contribution in [2.75, 3.05) is 0 Å². The quantitative estimate of drug-likeness (QED) is 0.184.